The molecule has 33 heavy (non-hydrogen) atoms. The van der Waals surface area contributed by atoms with Crippen LogP contribution in [0.2, 0.25) is 5.02 Å². The van der Waals surface area contributed by atoms with Gasteiger partial charge in [-0.2, -0.15) is 5.10 Å². The Morgan fingerprint density at radius 3 is 2.55 bits per heavy atom. The molecule has 0 saturated heterocycles. The summed E-state index contributed by atoms with van der Waals surface area (Å²) in [5, 5.41) is 7.17. The molecule has 3 rings (SSSR count). The van der Waals surface area contributed by atoms with Crippen molar-refractivity contribution in [3.05, 3.63) is 92.0 Å². The van der Waals surface area contributed by atoms with Crippen LogP contribution in [0.5, 0.6) is 11.5 Å². The van der Waals surface area contributed by atoms with E-state index >= 15 is 0 Å². The van der Waals surface area contributed by atoms with Gasteiger partial charge in [-0.15, -0.1) is 0 Å². The highest BCUT2D eigenvalue weighted by Crippen LogP contribution is 2.28. The number of carbonyl (C=O) groups is 2. The van der Waals surface area contributed by atoms with Gasteiger partial charge in [0.15, 0.2) is 11.5 Å². The van der Waals surface area contributed by atoms with E-state index in [1.165, 1.54) is 6.21 Å². The molecule has 0 fully saturated rings. The molecule has 0 unspecified atom stereocenters. The third-order valence-corrected chi connectivity index (χ3v) is 5.62. The van der Waals surface area contributed by atoms with Crippen molar-refractivity contribution in [1.82, 2.24) is 10.7 Å². The lowest BCUT2D eigenvalue weighted by molar-refractivity contribution is -0.120. The zero-order chi connectivity index (χ0) is 23.6. The van der Waals surface area contributed by atoms with Gasteiger partial charge in [0.25, 0.3) is 11.8 Å². The first kappa shape index (κ1) is 24.5. The number of carbonyl (C=O) groups excluding carboxylic acids is 2. The number of nitrogens with zero attached hydrogens (tertiary/aromatic N) is 1. The molecule has 170 valence electrons. The van der Waals surface area contributed by atoms with Crippen LogP contribution in [0, 0.1) is 3.57 Å². The summed E-state index contributed by atoms with van der Waals surface area (Å²) in [6.45, 7) is 0.173. The summed E-state index contributed by atoms with van der Waals surface area (Å²) in [4.78, 5) is 24.1. The van der Waals surface area contributed by atoms with Crippen molar-refractivity contribution < 1.29 is 19.1 Å². The largest absolute Gasteiger partial charge is 0.493 e. The number of rotatable bonds is 9. The third-order valence-electron chi connectivity index (χ3n) is 4.43. The van der Waals surface area contributed by atoms with Gasteiger partial charge < -0.3 is 14.8 Å². The minimum atomic E-state index is -0.444. The lowest BCUT2D eigenvalue weighted by atomic mass is 10.2. The Morgan fingerprint density at radius 1 is 1.06 bits per heavy atom. The summed E-state index contributed by atoms with van der Waals surface area (Å²) in [7, 11) is 1.55. The number of methoxy groups -OCH3 is 1. The highest BCUT2D eigenvalue weighted by molar-refractivity contribution is 14.1. The van der Waals surface area contributed by atoms with Gasteiger partial charge in [0.1, 0.15) is 6.61 Å². The lowest BCUT2D eigenvalue weighted by Gasteiger charge is -2.11. The number of ether oxygens (including phenoxy) is 2. The van der Waals surface area contributed by atoms with Crippen LogP contribution in [0.3, 0.4) is 0 Å². The third kappa shape index (κ3) is 7.47. The van der Waals surface area contributed by atoms with Gasteiger partial charge in [0.05, 0.1) is 25.4 Å². The van der Waals surface area contributed by atoms with E-state index in [4.69, 9.17) is 21.1 Å². The molecule has 0 heterocycles. The van der Waals surface area contributed by atoms with Gasteiger partial charge in [-0.3, -0.25) is 9.59 Å². The van der Waals surface area contributed by atoms with E-state index in [9.17, 15) is 9.59 Å². The number of amides is 2. The Bertz CT molecular complexity index is 1150. The highest BCUT2D eigenvalue weighted by atomic mass is 127. The molecule has 0 bridgehead atoms. The Kier molecular flexibility index (Phi) is 9.08. The maximum absolute atomic E-state index is 12.2. The second-order valence-corrected chi connectivity index (χ2v) is 8.38. The number of nitrogens with one attached hydrogen (secondary N) is 2. The van der Waals surface area contributed by atoms with Crippen LogP contribution in [0.25, 0.3) is 0 Å². The minimum Gasteiger partial charge on any atom is -0.493 e. The molecule has 0 aliphatic rings. The van der Waals surface area contributed by atoms with Gasteiger partial charge in [-0.1, -0.05) is 35.9 Å². The fraction of sp³-hybridized carbons (Fsp3) is 0.125. The average molecular weight is 578 g/mol. The highest BCUT2D eigenvalue weighted by Gasteiger charge is 2.10. The molecule has 0 radical (unpaired) electrons. The van der Waals surface area contributed by atoms with E-state index in [0.29, 0.717) is 34.3 Å². The lowest BCUT2D eigenvalue weighted by Crippen LogP contribution is -2.35. The summed E-state index contributed by atoms with van der Waals surface area (Å²) in [5.74, 6) is 0.342. The summed E-state index contributed by atoms with van der Waals surface area (Å²) < 4.78 is 12.0. The van der Waals surface area contributed by atoms with Crippen molar-refractivity contribution in [1.29, 1.82) is 0 Å². The first-order valence-corrected chi connectivity index (χ1v) is 11.3. The number of halogens is 2. The first-order valence-electron chi connectivity index (χ1n) is 9.86. The van der Waals surface area contributed by atoms with Gasteiger partial charge in [-0.25, -0.2) is 5.43 Å². The normalized spacial score (nSPS) is 10.6. The van der Waals surface area contributed by atoms with Crippen LogP contribution in [-0.4, -0.2) is 31.7 Å². The predicted octanol–water partition coefficient (Wildman–Crippen LogP) is 4.41. The monoisotopic (exact) mass is 577 g/mol. The van der Waals surface area contributed by atoms with Crippen molar-refractivity contribution >= 4 is 52.2 Å². The zero-order valence-electron chi connectivity index (χ0n) is 17.7. The Labute approximate surface area is 210 Å². The predicted molar refractivity (Wildman–Crippen MR) is 136 cm³/mol. The van der Waals surface area contributed by atoms with Crippen LogP contribution in [0.15, 0.2) is 71.8 Å². The molecular formula is C24H21ClIN3O4. The average Bonchev–Trinajstić information content (AvgIpc) is 2.83. The molecule has 7 nitrogen and oxygen atoms in total. The molecule has 0 aliphatic heterocycles. The molecule has 0 saturated carbocycles. The van der Waals surface area contributed by atoms with Crippen LogP contribution in [0.4, 0.5) is 0 Å². The molecule has 2 N–H and O–H groups in total. The quantitative estimate of drug-likeness (QED) is 0.224. The first-order chi connectivity index (χ1) is 16.0. The van der Waals surface area contributed by atoms with Crippen molar-refractivity contribution in [2.24, 2.45) is 5.10 Å². The van der Waals surface area contributed by atoms with E-state index in [0.717, 1.165) is 9.13 Å². The molecule has 9 heteroatoms. The van der Waals surface area contributed by atoms with Crippen LogP contribution in [-0.2, 0) is 11.4 Å². The number of hydrogen-bond acceptors (Lipinski definition) is 5. The molecule has 2 amide bonds. The summed E-state index contributed by atoms with van der Waals surface area (Å²) in [6, 6.07) is 19.8. The van der Waals surface area contributed by atoms with Crippen molar-refractivity contribution in [2.75, 3.05) is 13.7 Å². The van der Waals surface area contributed by atoms with Gasteiger partial charge in [0, 0.05) is 8.59 Å². The Morgan fingerprint density at radius 2 is 1.82 bits per heavy atom. The zero-order valence-corrected chi connectivity index (χ0v) is 20.6. The SMILES string of the molecule is COc1cc(C=NNC(=O)CNC(=O)c2ccccc2I)ccc1OCc1ccc(Cl)cc1. The van der Waals surface area contributed by atoms with E-state index in [1.807, 2.05) is 24.3 Å². The van der Waals surface area contributed by atoms with E-state index in [2.05, 4.69) is 38.4 Å². The fourth-order valence-electron chi connectivity index (χ4n) is 2.74. The molecule has 3 aromatic rings. The summed E-state index contributed by atoms with van der Waals surface area (Å²) in [6.07, 6.45) is 1.48. The standard InChI is InChI=1S/C24H21ClIN3O4/c1-32-22-12-17(8-11-21(22)33-15-16-6-9-18(25)10-7-16)13-28-29-23(30)14-27-24(31)19-4-2-3-5-20(19)26/h2-13H,14-15H2,1H3,(H,27,31)(H,29,30). The molecule has 0 atom stereocenters. The Balaban J connectivity index is 1.50. The maximum Gasteiger partial charge on any atom is 0.259 e. The van der Waals surface area contributed by atoms with Gasteiger partial charge in [-0.05, 0) is 76.2 Å². The van der Waals surface area contributed by atoms with E-state index in [-0.39, 0.29) is 12.5 Å². The van der Waals surface area contributed by atoms with Crippen molar-refractivity contribution in [3.63, 3.8) is 0 Å². The minimum absolute atomic E-state index is 0.193. The number of hydrazone groups is 1. The van der Waals surface area contributed by atoms with E-state index < -0.39 is 5.91 Å². The molecule has 0 aromatic heterocycles. The smallest absolute Gasteiger partial charge is 0.259 e. The van der Waals surface area contributed by atoms with Crippen LogP contribution in [0.1, 0.15) is 21.5 Å². The fourth-order valence-corrected chi connectivity index (χ4v) is 3.50. The summed E-state index contributed by atoms with van der Waals surface area (Å²) in [5.41, 5.74) is 4.58. The molecule has 0 aliphatic carbocycles. The number of hydrogen-bond donors (Lipinski definition) is 2. The molecule has 0 spiro atoms. The molecular weight excluding hydrogens is 557 g/mol. The van der Waals surface area contributed by atoms with Gasteiger partial charge >= 0.3 is 0 Å². The van der Waals surface area contributed by atoms with Crippen LogP contribution < -0.4 is 20.2 Å². The van der Waals surface area contributed by atoms with Crippen molar-refractivity contribution in [3.8, 4) is 11.5 Å². The maximum atomic E-state index is 12.2. The topological polar surface area (TPSA) is 89.0 Å². The van der Waals surface area contributed by atoms with Gasteiger partial charge in [0.2, 0.25) is 0 Å². The molecule has 3 aromatic carbocycles. The number of benzene rings is 3. The summed E-state index contributed by atoms with van der Waals surface area (Å²) >= 11 is 7.97. The second-order valence-electron chi connectivity index (χ2n) is 6.78. The van der Waals surface area contributed by atoms with Crippen LogP contribution >= 0.6 is 34.2 Å². The second kappa shape index (κ2) is 12.2. The Hall–Kier alpha value is -3.11. The van der Waals surface area contributed by atoms with Crippen molar-refractivity contribution in [2.45, 2.75) is 6.61 Å². The van der Waals surface area contributed by atoms with E-state index in [1.54, 1.807) is 49.6 Å².